The van der Waals surface area contributed by atoms with Crippen LogP contribution in [-0.4, -0.2) is 35.7 Å². The Bertz CT molecular complexity index is 166. The highest BCUT2D eigenvalue weighted by molar-refractivity contribution is 5.05. The Kier molecular flexibility index (Phi) is 5.79. The highest BCUT2D eigenvalue weighted by Crippen LogP contribution is 1.95. The highest BCUT2D eigenvalue weighted by atomic mass is 16.3. The van der Waals surface area contributed by atoms with Crippen molar-refractivity contribution in [2.45, 2.75) is 39.3 Å². The first-order valence-corrected chi connectivity index (χ1v) is 4.44. The van der Waals surface area contributed by atoms with Crippen molar-refractivity contribution >= 4 is 0 Å². The lowest BCUT2D eigenvalue weighted by molar-refractivity contribution is 0.133. The van der Waals surface area contributed by atoms with Crippen LogP contribution < -0.4 is 0 Å². The topological polar surface area (TPSA) is 23.5 Å². The first kappa shape index (κ1) is 11.5. The normalized spacial score (nSPS) is 15.2. The van der Waals surface area contributed by atoms with E-state index in [0.717, 1.165) is 6.42 Å². The summed E-state index contributed by atoms with van der Waals surface area (Å²) in [4.78, 5) is 2.05. The van der Waals surface area contributed by atoms with Gasteiger partial charge in [-0.15, -0.1) is 5.92 Å². The smallest absolute Gasteiger partial charge is 0.0684 e. The molecule has 1 N–H and O–H groups in total. The van der Waals surface area contributed by atoms with Crippen molar-refractivity contribution in [2.75, 3.05) is 13.6 Å². The van der Waals surface area contributed by atoms with Crippen LogP contribution >= 0.6 is 0 Å². The molecule has 0 aliphatic carbocycles. The second kappa shape index (κ2) is 6.05. The van der Waals surface area contributed by atoms with E-state index in [4.69, 9.17) is 5.11 Å². The molecule has 0 fully saturated rings. The average molecular weight is 169 g/mol. The zero-order chi connectivity index (χ0) is 9.56. The van der Waals surface area contributed by atoms with Gasteiger partial charge in [0.15, 0.2) is 0 Å². The third kappa shape index (κ3) is 5.17. The first-order chi connectivity index (χ1) is 5.57. The van der Waals surface area contributed by atoms with Gasteiger partial charge in [0.1, 0.15) is 0 Å². The maximum atomic E-state index is 9.11. The Morgan fingerprint density at radius 2 is 2.00 bits per heavy atom. The van der Waals surface area contributed by atoms with Crippen molar-refractivity contribution in [1.82, 2.24) is 4.90 Å². The van der Waals surface area contributed by atoms with Gasteiger partial charge in [0, 0.05) is 13.0 Å². The molecule has 0 aliphatic rings. The molecule has 0 saturated heterocycles. The number of rotatable bonds is 3. The molecule has 12 heavy (non-hydrogen) atoms. The van der Waals surface area contributed by atoms with E-state index in [0.29, 0.717) is 6.54 Å². The SMILES string of the molecule is CCC#CC(C)N(C)C[C@H](C)O. The van der Waals surface area contributed by atoms with E-state index in [2.05, 4.69) is 11.8 Å². The number of likely N-dealkylation sites (N-methyl/N-ethyl adjacent to an activating group) is 1. The summed E-state index contributed by atoms with van der Waals surface area (Å²) in [7, 11) is 1.97. The predicted octanol–water partition coefficient (Wildman–Crippen LogP) is 1.10. The van der Waals surface area contributed by atoms with E-state index in [9.17, 15) is 0 Å². The molecule has 2 nitrogen and oxygen atoms in total. The zero-order valence-corrected chi connectivity index (χ0v) is 8.46. The molecule has 0 aromatic rings. The van der Waals surface area contributed by atoms with Gasteiger partial charge in [-0.05, 0) is 20.9 Å². The van der Waals surface area contributed by atoms with Crippen LogP contribution in [0.3, 0.4) is 0 Å². The van der Waals surface area contributed by atoms with Crippen LogP contribution in [0.25, 0.3) is 0 Å². The fourth-order valence-electron chi connectivity index (χ4n) is 0.935. The molecule has 0 aromatic heterocycles. The molecule has 0 radical (unpaired) electrons. The lowest BCUT2D eigenvalue weighted by atomic mass is 10.2. The van der Waals surface area contributed by atoms with Gasteiger partial charge >= 0.3 is 0 Å². The summed E-state index contributed by atoms with van der Waals surface area (Å²) in [5, 5.41) is 9.11. The van der Waals surface area contributed by atoms with Crippen molar-refractivity contribution in [3.63, 3.8) is 0 Å². The number of hydrogen-bond acceptors (Lipinski definition) is 2. The van der Waals surface area contributed by atoms with E-state index >= 15 is 0 Å². The minimum absolute atomic E-state index is 0.236. The Balaban J connectivity index is 3.84. The summed E-state index contributed by atoms with van der Waals surface area (Å²) in [6.45, 7) is 6.55. The van der Waals surface area contributed by atoms with Crippen molar-refractivity contribution < 1.29 is 5.11 Å². The Morgan fingerprint density at radius 3 is 2.42 bits per heavy atom. The molecule has 0 rings (SSSR count). The Morgan fingerprint density at radius 1 is 1.42 bits per heavy atom. The summed E-state index contributed by atoms with van der Waals surface area (Å²) in [5.74, 6) is 6.13. The van der Waals surface area contributed by atoms with Crippen molar-refractivity contribution in [1.29, 1.82) is 0 Å². The van der Waals surface area contributed by atoms with Gasteiger partial charge in [-0.2, -0.15) is 0 Å². The molecular weight excluding hydrogens is 150 g/mol. The number of aliphatic hydroxyl groups is 1. The molecule has 0 amide bonds. The molecule has 0 aliphatic heterocycles. The van der Waals surface area contributed by atoms with Crippen LogP contribution in [0.15, 0.2) is 0 Å². The molecule has 0 saturated carbocycles. The van der Waals surface area contributed by atoms with E-state index in [1.807, 2.05) is 25.8 Å². The third-order valence-corrected chi connectivity index (χ3v) is 1.70. The van der Waals surface area contributed by atoms with Crippen molar-refractivity contribution in [2.24, 2.45) is 0 Å². The van der Waals surface area contributed by atoms with Crippen LogP contribution in [0.1, 0.15) is 27.2 Å². The lowest BCUT2D eigenvalue weighted by Gasteiger charge is -2.21. The van der Waals surface area contributed by atoms with Crippen molar-refractivity contribution in [3.05, 3.63) is 0 Å². The van der Waals surface area contributed by atoms with Crippen LogP contribution in [-0.2, 0) is 0 Å². The van der Waals surface area contributed by atoms with Gasteiger partial charge in [-0.3, -0.25) is 4.90 Å². The zero-order valence-electron chi connectivity index (χ0n) is 8.46. The van der Waals surface area contributed by atoms with Crippen LogP contribution in [0.5, 0.6) is 0 Å². The molecule has 70 valence electrons. The lowest BCUT2D eigenvalue weighted by Crippen LogP contribution is -2.33. The molecule has 2 atom stereocenters. The first-order valence-electron chi connectivity index (χ1n) is 4.44. The summed E-state index contributed by atoms with van der Waals surface area (Å²) in [5.41, 5.74) is 0. The van der Waals surface area contributed by atoms with Crippen LogP contribution in [0, 0.1) is 11.8 Å². The largest absolute Gasteiger partial charge is 0.392 e. The number of hydrogen-bond donors (Lipinski definition) is 1. The molecule has 0 aromatic carbocycles. The van der Waals surface area contributed by atoms with E-state index < -0.39 is 0 Å². The van der Waals surface area contributed by atoms with Crippen LogP contribution in [0.2, 0.25) is 0 Å². The average Bonchev–Trinajstić information content (AvgIpc) is 1.98. The quantitative estimate of drug-likeness (QED) is 0.640. The standard InChI is InChI=1S/C10H19NO/c1-5-6-7-9(2)11(4)8-10(3)12/h9-10,12H,5,8H2,1-4H3/t9?,10-/m0/s1. The summed E-state index contributed by atoms with van der Waals surface area (Å²) in [6, 6.07) is 0.236. The number of aliphatic hydroxyl groups excluding tert-OH is 1. The molecule has 0 heterocycles. The minimum Gasteiger partial charge on any atom is -0.392 e. The van der Waals surface area contributed by atoms with E-state index in [1.54, 1.807) is 6.92 Å². The van der Waals surface area contributed by atoms with Gasteiger partial charge < -0.3 is 5.11 Å². The Labute approximate surface area is 75.6 Å². The molecule has 1 unspecified atom stereocenters. The molecule has 2 heteroatoms. The summed E-state index contributed by atoms with van der Waals surface area (Å²) >= 11 is 0. The monoisotopic (exact) mass is 169 g/mol. The van der Waals surface area contributed by atoms with E-state index in [1.165, 1.54) is 0 Å². The maximum absolute atomic E-state index is 9.11. The second-order valence-corrected chi connectivity index (χ2v) is 3.14. The van der Waals surface area contributed by atoms with Gasteiger partial charge in [0.25, 0.3) is 0 Å². The highest BCUT2D eigenvalue weighted by Gasteiger charge is 2.07. The van der Waals surface area contributed by atoms with Gasteiger partial charge in [-0.1, -0.05) is 12.8 Å². The molecular formula is C10H19NO. The second-order valence-electron chi connectivity index (χ2n) is 3.14. The Hall–Kier alpha value is -0.520. The summed E-state index contributed by atoms with van der Waals surface area (Å²) in [6.07, 6.45) is 0.619. The van der Waals surface area contributed by atoms with Gasteiger partial charge in [0.2, 0.25) is 0 Å². The van der Waals surface area contributed by atoms with Crippen LogP contribution in [0.4, 0.5) is 0 Å². The maximum Gasteiger partial charge on any atom is 0.0684 e. The number of nitrogens with zero attached hydrogens (tertiary/aromatic N) is 1. The van der Waals surface area contributed by atoms with Gasteiger partial charge in [-0.25, -0.2) is 0 Å². The van der Waals surface area contributed by atoms with E-state index in [-0.39, 0.29) is 12.1 Å². The van der Waals surface area contributed by atoms with Gasteiger partial charge in [0.05, 0.1) is 12.1 Å². The van der Waals surface area contributed by atoms with Crippen molar-refractivity contribution in [3.8, 4) is 11.8 Å². The summed E-state index contributed by atoms with van der Waals surface area (Å²) < 4.78 is 0. The predicted molar refractivity (Wildman–Crippen MR) is 51.8 cm³/mol. The molecule has 0 spiro atoms. The fraction of sp³-hybridized carbons (Fsp3) is 0.800. The third-order valence-electron chi connectivity index (χ3n) is 1.70. The minimum atomic E-state index is -0.277. The molecule has 0 bridgehead atoms. The fourth-order valence-corrected chi connectivity index (χ4v) is 0.935.